The van der Waals surface area contributed by atoms with E-state index >= 15 is 0 Å². The quantitative estimate of drug-likeness (QED) is 0.826. The molecule has 4 nitrogen and oxygen atoms in total. The monoisotopic (exact) mass is 365 g/mol. The van der Waals surface area contributed by atoms with Gasteiger partial charge in [0.15, 0.2) is 17.6 Å². The van der Waals surface area contributed by atoms with Crippen molar-refractivity contribution in [2.75, 3.05) is 20.2 Å². The van der Waals surface area contributed by atoms with Crippen molar-refractivity contribution in [1.29, 1.82) is 0 Å². The predicted molar refractivity (Wildman–Crippen MR) is 94.2 cm³/mol. The number of nitrogens with zero attached hydrogens (tertiary/aromatic N) is 1. The van der Waals surface area contributed by atoms with Crippen LogP contribution in [0.1, 0.15) is 5.56 Å². The fourth-order valence-electron chi connectivity index (χ4n) is 2.52. The lowest BCUT2D eigenvalue weighted by Gasteiger charge is -2.29. The van der Waals surface area contributed by atoms with Crippen molar-refractivity contribution in [2.45, 2.75) is 12.5 Å². The molecule has 0 aromatic heterocycles. The lowest BCUT2D eigenvalue weighted by molar-refractivity contribution is -0.130. The Labute approximate surface area is 150 Å². The molecule has 1 aliphatic heterocycles. The summed E-state index contributed by atoms with van der Waals surface area (Å²) in [5.41, 5.74) is 0.754. The number of carbonyl (C=O) groups is 1. The normalized spacial score (nSPS) is 15.9. The lowest BCUT2D eigenvalue weighted by Crippen LogP contribution is -2.42. The fourth-order valence-corrected chi connectivity index (χ4v) is 3.00. The Balaban J connectivity index is 1.59. The molecule has 3 rings (SSSR count). The molecule has 1 aliphatic rings. The van der Waals surface area contributed by atoms with Gasteiger partial charge in [0.1, 0.15) is 6.61 Å². The van der Waals surface area contributed by atoms with Gasteiger partial charge >= 0.3 is 0 Å². The van der Waals surface area contributed by atoms with E-state index in [-0.39, 0.29) is 18.4 Å². The van der Waals surface area contributed by atoms with Gasteiger partial charge in [-0.15, -0.1) is 0 Å². The minimum Gasteiger partial charge on any atom is -0.486 e. The molecule has 126 valence electrons. The largest absolute Gasteiger partial charge is 0.486 e. The first-order chi connectivity index (χ1) is 11.5. The Morgan fingerprint density at radius 3 is 2.71 bits per heavy atom. The molecule has 0 spiro atoms. The fraction of sp³-hybridized carbons (Fsp3) is 0.278. The number of benzene rings is 2. The van der Waals surface area contributed by atoms with Gasteiger partial charge in [-0.3, -0.25) is 4.79 Å². The SMILES string of the molecule is CN(CC1COc2ccccc2O1)C(=O)Cc1ccc(Cl)cc1Cl. The summed E-state index contributed by atoms with van der Waals surface area (Å²) >= 11 is 12.0. The summed E-state index contributed by atoms with van der Waals surface area (Å²) in [7, 11) is 1.75. The van der Waals surface area contributed by atoms with Gasteiger partial charge in [0.25, 0.3) is 0 Å². The standard InChI is InChI=1S/C18H17Cl2NO3/c1-21(18(22)8-12-6-7-13(19)9-15(12)20)10-14-11-23-16-4-2-3-5-17(16)24-14/h2-7,9,14H,8,10-11H2,1H3. The second kappa shape index (κ2) is 7.32. The number of amides is 1. The number of para-hydroxylation sites is 2. The van der Waals surface area contributed by atoms with Crippen molar-refractivity contribution in [1.82, 2.24) is 4.90 Å². The lowest BCUT2D eigenvalue weighted by atomic mass is 10.1. The maximum absolute atomic E-state index is 12.4. The average Bonchev–Trinajstić information content (AvgIpc) is 2.57. The summed E-state index contributed by atoms with van der Waals surface area (Å²) in [6.45, 7) is 0.856. The molecule has 0 N–H and O–H groups in total. The van der Waals surface area contributed by atoms with Crippen LogP contribution in [0.5, 0.6) is 11.5 Å². The van der Waals surface area contributed by atoms with E-state index in [1.165, 1.54) is 0 Å². The first-order valence-corrected chi connectivity index (χ1v) is 8.35. The Morgan fingerprint density at radius 2 is 1.96 bits per heavy atom. The summed E-state index contributed by atoms with van der Waals surface area (Å²) in [5, 5.41) is 1.05. The molecule has 1 unspecified atom stereocenters. The zero-order valence-electron chi connectivity index (χ0n) is 13.2. The second-order valence-corrected chi connectivity index (χ2v) is 6.53. The van der Waals surface area contributed by atoms with Crippen molar-refractivity contribution in [3.63, 3.8) is 0 Å². The summed E-state index contributed by atoms with van der Waals surface area (Å²) in [5.74, 6) is 1.40. The van der Waals surface area contributed by atoms with E-state index in [2.05, 4.69) is 0 Å². The van der Waals surface area contributed by atoms with E-state index in [4.69, 9.17) is 32.7 Å². The van der Waals surface area contributed by atoms with E-state index < -0.39 is 0 Å². The molecule has 0 saturated carbocycles. The molecule has 0 fully saturated rings. The maximum Gasteiger partial charge on any atom is 0.226 e. The Kier molecular flexibility index (Phi) is 5.17. The second-order valence-electron chi connectivity index (χ2n) is 5.68. The highest BCUT2D eigenvalue weighted by molar-refractivity contribution is 6.35. The Morgan fingerprint density at radius 1 is 1.21 bits per heavy atom. The van der Waals surface area contributed by atoms with Crippen LogP contribution in [0.4, 0.5) is 0 Å². The number of carbonyl (C=O) groups excluding carboxylic acids is 1. The highest BCUT2D eigenvalue weighted by atomic mass is 35.5. The predicted octanol–water partition coefficient (Wildman–Crippen LogP) is 3.83. The van der Waals surface area contributed by atoms with Crippen LogP contribution in [0.3, 0.4) is 0 Å². The molecule has 0 radical (unpaired) electrons. The molecular formula is C18H17Cl2NO3. The van der Waals surface area contributed by atoms with Crippen LogP contribution in [-0.4, -0.2) is 37.1 Å². The van der Waals surface area contributed by atoms with Crippen LogP contribution in [0, 0.1) is 0 Å². The van der Waals surface area contributed by atoms with E-state index in [1.807, 2.05) is 24.3 Å². The van der Waals surface area contributed by atoms with Crippen LogP contribution in [-0.2, 0) is 11.2 Å². The van der Waals surface area contributed by atoms with Gasteiger partial charge in [-0.1, -0.05) is 41.4 Å². The van der Waals surface area contributed by atoms with Crippen molar-refractivity contribution in [3.8, 4) is 11.5 Å². The van der Waals surface area contributed by atoms with Crippen molar-refractivity contribution >= 4 is 29.1 Å². The van der Waals surface area contributed by atoms with E-state index in [9.17, 15) is 4.79 Å². The van der Waals surface area contributed by atoms with Gasteiger partial charge in [0, 0.05) is 17.1 Å². The smallest absolute Gasteiger partial charge is 0.226 e. The van der Waals surface area contributed by atoms with Crippen molar-refractivity contribution < 1.29 is 14.3 Å². The number of hydrogen-bond acceptors (Lipinski definition) is 3. The van der Waals surface area contributed by atoms with Gasteiger partial charge in [-0.2, -0.15) is 0 Å². The third-order valence-corrected chi connectivity index (χ3v) is 4.41. The van der Waals surface area contributed by atoms with Gasteiger partial charge < -0.3 is 14.4 Å². The Bertz CT molecular complexity index is 751. The topological polar surface area (TPSA) is 38.8 Å². The molecule has 6 heteroatoms. The van der Waals surface area contributed by atoms with Crippen LogP contribution in [0.25, 0.3) is 0 Å². The average molecular weight is 366 g/mol. The summed E-state index contributed by atoms with van der Waals surface area (Å²) in [4.78, 5) is 14.0. The van der Waals surface area contributed by atoms with Gasteiger partial charge in [-0.05, 0) is 29.8 Å². The number of likely N-dealkylation sites (N-methyl/N-ethyl adjacent to an activating group) is 1. The summed E-state index contributed by atoms with van der Waals surface area (Å²) < 4.78 is 11.5. The van der Waals surface area contributed by atoms with Crippen LogP contribution in [0.15, 0.2) is 42.5 Å². The molecule has 24 heavy (non-hydrogen) atoms. The van der Waals surface area contributed by atoms with Gasteiger partial charge in [0.2, 0.25) is 5.91 Å². The molecule has 2 aromatic rings. The number of halogens is 2. The molecule has 1 heterocycles. The van der Waals surface area contributed by atoms with Gasteiger partial charge in [0.05, 0.1) is 13.0 Å². The molecule has 1 amide bonds. The van der Waals surface area contributed by atoms with E-state index in [1.54, 1.807) is 30.1 Å². The van der Waals surface area contributed by atoms with Crippen LogP contribution >= 0.6 is 23.2 Å². The van der Waals surface area contributed by atoms with Crippen molar-refractivity contribution in [3.05, 3.63) is 58.1 Å². The van der Waals surface area contributed by atoms with Crippen LogP contribution < -0.4 is 9.47 Å². The molecule has 2 aromatic carbocycles. The third kappa shape index (κ3) is 3.94. The molecular weight excluding hydrogens is 349 g/mol. The third-order valence-electron chi connectivity index (χ3n) is 3.83. The molecule has 1 atom stereocenters. The number of ether oxygens (including phenoxy) is 2. The van der Waals surface area contributed by atoms with Crippen LogP contribution in [0.2, 0.25) is 10.0 Å². The molecule has 0 bridgehead atoms. The number of rotatable bonds is 4. The van der Waals surface area contributed by atoms with E-state index in [0.29, 0.717) is 28.9 Å². The first-order valence-electron chi connectivity index (χ1n) is 7.59. The highest BCUT2D eigenvalue weighted by Crippen LogP contribution is 2.31. The van der Waals surface area contributed by atoms with Crippen molar-refractivity contribution in [2.24, 2.45) is 0 Å². The van der Waals surface area contributed by atoms with Gasteiger partial charge in [-0.25, -0.2) is 0 Å². The zero-order valence-corrected chi connectivity index (χ0v) is 14.7. The summed E-state index contributed by atoms with van der Waals surface area (Å²) in [6, 6.07) is 12.6. The minimum atomic E-state index is -0.200. The Hall–Kier alpha value is -1.91. The number of hydrogen-bond donors (Lipinski definition) is 0. The number of fused-ring (bicyclic) bond motifs is 1. The first kappa shape index (κ1) is 16.9. The molecule has 0 saturated heterocycles. The minimum absolute atomic E-state index is 0.0401. The summed E-state index contributed by atoms with van der Waals surface area (Å²) in [6.07, 6.45) is 0.0194. The molecule has 0 aliphatic carbocycles. The highest BCUT2D eigenvalue weighted by Gasteiger charge is 2.24. The van der Waals surface area contributed by atoms with E-state index in [0.717, 1.165) is 11.3 Å². The maximum atomic E-state index is 12.4. The zero-order chi connectivity index (χ0) is 17.1.